The Hall–Kier alpha value is -1.90. The van der Waals surface area contributed by atoms with Crippen molar-refractivity contribution >= 4 is 5.91 Å². The Kier molecular flexibility index (Phi) is 4.04. The lowest BCUT2D eigenvalue weighted by atomic mass is 10.2. The number of nitrogens with one attached hydrogen (secondary N) is 2. The van der Waals surface area contributed by atoms with Crippen molar-refractivity contribution in [3.8, 4) is 0 Å². The molecule has 3 N–H and O–H groups in total. The van der Waals surface area contributed by atoms with E-state index in [1.54, 1.807) is 0 Å². The number of carbonyl (C=O) groups excluding carboxylic acids is 1. The molecule has 2 rings (SSSR count). The molecule has 1 heterocycles. The maximum Gasteiger partial charge on any atom is 0.416 e. The lowest BCUT2D eigenvalue weighted by Crippen LogP contribution is -2.42. The van der Waals surface area contributed by atoms with Crippen LogP contribution >= 0.6 is 0 Å². The van der Waals surface area contributed by atoms with Crippen LogP contribution < -0.4 is 10.9 Å². The number of aryl methyl sites for hydroxylation is 1. The quantitative estimate of drug-likeness (QED) is 0.759. The molecule has 1 aromatic rings. The van der Waals surface area contributed by atoms with E-state index < -0.39 is 30.3 Å². The first kappa shape index (κ1) is 15.5. The molecule has 1 amide bonds. The van der Waals surface area contributed by atoms with Crippen molar-refractivity contribution in [3.05, 3.63) is 27.4 Å². The van der Waals surface area contributed by atoms with Crippen molar-refractivity contribution < 1.29 is 23.1 Å². The van der Waals surface area contributed by atoms with Crippen molar-refractivity contribution in [2.45, 2.75) is 38.0 Å². The first-order chi connectivity index (χ1) is 9.70. The average molecular weight is 305 g/mol. The Morgan fingerprint density at radius 1 is 1.52 bits per heavy atom. The smallest absolute Gasteiger partial charge is 0.382 e. The van der Waals surface area contributed by atoms with Gasteiger partial charge in [-0.3, -0.25) is 9.59 Å². The van der Waals surface area contributed by atoms with E-state index in [0.29, 0.717) is 5.82 Å². The molecule has 1 aliphatic rings. The van der Waals surface area contributed by atoms with E-state index in [4.69, 9.17) is 5.11 Å². The van der Waals surface area contributed by atoms with Gasteiger partial charge in [0.05, 0.1) is 12.2 Å². The van der Waals surface area contributed by atoms with Crippen LogP contribution in [-0.2, 0) is 0 Å². The molecule has 1 saturated carbocycles. The second-order valence-electron chi connectivity index (χ2n) is 4.95. The van der Waals surface area contributed by atoms with Crippen LogP contribution in [-0.4, -0.2) is 39.8 Å². The number of carbonyl (C=O) groups is 1. The van der Waals surface area contributed by atoms with Gasteiger partial charge in [-0.15, -0.1) is 0 Å². The summed E-state index contributed by atoms with van der Waals surface area (Å²) in [6, 6.07) is 0. The van der Waals surface area contributed by atoms with Gasteiger partial charge in [0.15, 0.2) is 6.10 Å². The van der Waals surface area contributed by atoms with E-state index >= 15 is 0 Å². The molecule has 1 fully saturated rings. The summed E-state index contributed by atoms with van der Waals surface area (Å²) in [5.74, 6) is -0.322. The largest absolute Gasteiger partial charge is 0.416 e. The molecule has 0 bridgehead atoms. The van der Waals surface area contributed by atoms with E-state index in [-0.39, 0.29) is 17.2 Å². The summed E-state index contributed by atoms with van der Waals surface area (Å²) >= 11 is 0. The zero-order valence-electron chi connectivity index (χ0n) is 11.1. The average Bonchev–Trinajstić information content (AvgIpc) is 3.17. The molecule has 116 valence electrons. The van der Waals surface area contributed by atoms with E-state index in [1.165, 1.54) is 6.92 Å². The predicted octanol–water partition coefficient (Wildman–Crippen LogP) is 0.609. The Bertz CT molecular complexity index is 608. The standard InChI is InChI=1S/C12H14F3N3O3/c1-5-8(10(20)16-4-7(19)12(13,14)15)11(21)18-9(17-5)6-2-3-6/h6-7,19H,2-4H2,1H3,(H,16,20)(H,17,18,21). The minimum atomic E-state index is -4.83. The molecule has 6 nitrogen and oxygen atoms in total. The molecular formula is C12H14F3N3O3. The maximum atomic E-state index is 12.1. The van der Waals surface area contributed by atoms with E-state index in [0.717, 1.165) is 12.8 Å². The number of alkyl halides is 3. The van der Waals surface area contributed by atoms with Crippen molar-refractivity contribution in [2.24, 2.45) is 0 Å². The molecule has 0 aromatic carbocycles. The van der Waals surface area contributed by atoms with Crippen molar-refractivity contribution in [2.75, 3.05) is 6.54 Å². The lowest BCUT2D eigenvalue weighted by Gasteiger charge is -2.15. The van der Waals surface area contributed by atoms with Crippen molar-refractivity contribution in [1.82, 2.24) is 15.3 Å². The zero-order chi connectivity index (χ0) is 15.8. The number of amides is 1. The fourth-order valence-corrected chi connectivity index (χ4v) is 1.82. The molecule has 0 radical (unpaired) electrons. The number of aromatic nitrogens is 2. The highest BCUT2D eigenvalue weighted by Gasteiger charge is 2.38. The molecule has 0 spiro atoms. The number of aromatic amines is 1. The van der Waals surface area contributed by atoms with E-state index in [9.17, 15) is 22.8 Å². The van der Waals surface area contributed by atoms with Crippen LogP contribution in [0.4, 0.5) is 13.2 Å². The number of rotatable bonds is 4. The SMILES string of the molecule is Cc1nc(C2CC2)[nH]c(=O)c1C(=O)NCC(O)C(F)(F)F. The van der Waals surface area contributed by atoms with E-state index in [1.807, 2.05) is 5.32 Å². The summed E-state index contributed by atoms with van der Waals surface area (Å²) in [4.78, 5) is 30.2. The van der Waals surface area contributed by atoms with Crippen LogP contribution in [0.25, 0.3) is 0 Å². The van der Waals surface area contributed by atoms with Gasteiger partial charge in [0.1, 0.15) is 11.4 Å². The van der Waals surface area contributed by atoms with Crippen LogP contribution in [0.3, 0.4) is 0 Å². The summed E-state index contributed by atoms with van der Waals surface area (Å²) in [5, 5.41) is 10.7. The van der Waals surface area contributed by atoms with Crippen LogP contribution in [0.1, 0.15) is 40.6 Å². The Balaban J connectivity index is 2.11. The normalized spacial score (nSPS) is 16.6. The van der Waals surface area contributed by atoms with Crippen molar-refractivity contribution in [1.29, 1.82) is 0 Å². The van der Waals surface area contributed by atoms with E-state index in [2.05, 4.69) is 9.97 Å². The van der Waals surface area contributed by atoms with Gasteiger partial charge in [-0.25, -0.2) is 4.98 Å². The Morgan fingerprint density at radius 3 is 2.62 bits per heavy atom. The summed E-state index contributed by atoms with van der Waals surface area (Å²) in [6.07, 6.45) is -5.69. The molecule has 1 aliphatic carbocycles. The van der Waals surface area contributed by atoms with Gasteiger partial charge in [0.25, 0.3) is 11.5 Å². The zero-order valence-corrected chi connectivity index (χ0v) is 11.1. The summed E-state index contributed by atoms with van der Waals surface area (Å²) in [7, 11) is 0. The fraction of sp³-hybridized carbons (Fsp3) is 0.583. The first-order valence-electron chi connectivity index (χ1n) is 6.34. The summed E-state index contributed by atoms with van der Waals surface area (Å²) in [5.41, 5.74) is -0.878. The summed E-state index contributed by atoms with van der Waals surface area (Å²) in [6.45, 7) is 0.418. The van der Waals surface area contributed by atoms with Crippen LogP contribution in [0.5, 0.6) is 0 Å². The number of aliphatic hydroxyl groups excluding tert-OH is 1. The van der Waals surface area contributed by atoms with Gasteiger partial charge in [0.2, 0.25) is 0 Å². The molecule has 0 saturated heterocycles. The number of nitrogens with zero attached hydrogens (tertiary/aromatic N) is 1. The molecular weight excluding hydrogens is 291 g/mol. The highest BCUT2D eigenvalue weighted by atomic mass is 19.4. The second kappa shape index (κ2) is 5.47. The fourth-order valence-electron chi connectivity index (χ4n) is 1.82. The topological polar surface area (TPSA) is 95.1 Å². The third-order valence-electron chi connectivity index (χ3n) is 3.14. The van der Waals surface area contributed by atoms with Gasteiger partial charge < -0.3 is 15.4 Å². The Morgan fingerprint density at radius 2 is 2.14 bits per heavy atom. The number of hydrogen-bond acceptors (Lipinski definition) is 4. The maximum absolute atomic E-state index is 12.1. The first-order valence-corrected chi connectivity index (χ1v) is 6.34. The predicted molar refractivity (Wildman–Crippen MR) is 66.0 cm³/mol. The van der Waals surface area contributed by atoms with Gasteiger partial charge >= 0.3 is 6.18 Å². The molecule has 0 aliphatic heterocycles. The minimum absolute atomic E-state index is 0.152. The highest BCUT2D eigenvalue weighted by molar-refractivity contribution is 5.94. The second-order valence-corrected chi connectivity index (χ2v) is 4.95. The minimum Gasteiger partial charge on any atom is -0.382 e. The number of aliphatic hydroxyl groups is 1. The number of H-pyrrole nitrogens is 1. The van der Waals surface area contributed by atoms with Crippen molar-refractivity contribution in [3.63, 3.8) is 0 Å². The number of hydrogen-bond donors (Lipinski definition) is 3. The molecule has 1 aromatic heterocycles. The monoisotopic (exact) mass is 305 g/mol. The molecule has 21 heavy (non-hydrogen) atoms. The van der Waals surface area contributed by atoms with Gasteiger partial charge in [-0.05, 0) is 19.8 Å². The third kappa shape index (κ3) is 3.60. The highest BCUT2D eigenvalue weighted by Crippen LogP contribution is 2.37. The Labute approximate surface area is 117 Å². The summed E-state index contributed by atoms with van der Waals surface area (Å²) < 4.78 is 36.4. The number of halogens is 3. The lowest BCUT2D eigenvalue weighted by molar-refractivity contribution is -0.201. The van der Waals surface area contributed by atoms with Gasteiger partial charge in [-0.1, -0.05) is 0 Å². The molecule has 1 unspecified atom stereocenters. The van der Waals surface area contributed by atoms with Gasteiger partial charge in [0, 0.05) is 5.92 Å². The third-order valence-corrected chi connectivity index (χ3v) is 3.14. The van der Waals surface area contributed by atoms with Crippen LogP contribution in [0.15, 0.2) is 4.79 Å². The van der Waals surface area contributed by atoms with Crippen LogP contribution in [0, 0.1) is 6.92 Å². The van der Waals surface area contributed by atoms with Crippen LogP contribution in [0.2, 0.25) is 0 Å². The van der Waals surface area contributed by atoms with Gasteiger partial charge in [-0.2, -0.15) is 13.2 Å². The molecule has 1 atom stereocenters. The molecule has 9 heteroatoms.